The van der Waals surface area contributed by atoms with Gasteiger partial charge in [-0.25, -0.2) is 9.97 Å². The molecule has 2 aliphatic rings. The third-order valence-electron chi connectivity index (χ3n) is 7.19. The van der Waals surface area contributed by atoms with Gasteiger partial charge in [0.2, 0.25) is 11.8 Å². The summed E-state index contributed by atoms with van der Waals surface area (Å²) in [4.78, 5) is 14.4. The zero-order valence-electron chi connectivity index (χ0n) is 21.9. The van der Waals surface area contributed by atoms with E-state index in [1.165, 1.54) is 11.1 Å². The first kappa shape index (κ1) is 24.7. The highest BCUT2D eigenvalue weighted by Gasteiger charge is 2.22. The van der Waals surface area contributed by atoms with E-state index in [1.807, 2.05) is 18.3 Å². The SMILES string of the molecule is COc1cc2c(cc1OC)CN(Cc1cnc(NCCN3CCOCC3)n3nc(-c4ccco4)nc13)CC2. The van der Waals surface area contributed by atoms with Crippen molar-refractivity contribution in [2.24, 2.45) is 0 Å². The van der Waals surface area contributed by atoms with Crippen molar-refractivity contribution in [2.45, 2.75) is 19.5 Å². The van der Waals surface area contributed by atoms with Crippen LogP contribution in [0.25, 0.3) is 17.2 Å². The number of aromatic nitrogens is 4. The summed E-state index contributed by atoms with van der Waals surface area (Å²) < 4.78 is 23.9. The molecule has 0 saturated carbocycles. The van der Waals surface area contributed by atoms with Crippen molar-refractivity contribution in [3.05, 3.63) is 53.4 Å². The van der Waals surface area contributed by atoms with E-state index in [0.717, 1.165) is 81.6 Å². The van der Waals surface area contributed by atoms with Crippen LogP contribution in [0.4, 0.5) is 5.95 Å². The fraction of sp³-hybridized carbons (Fsp3) is 0.444. The molecular formula is C27H33N7O4. The fourth-order valence-electron chi connectivity index (χ4n) is 5.13. The molecule has 0 amide bonds. The van der Waals surface area contributed by atoms with Crippen LogP contribution in [0.3, 0.4) is 0 Å². The summed E-state index contributed by atoms with van der Waals surface area (Å²) in [5.74, 6) is 3.37. The van der Waals surface area contributed by atoms with Gasteiger partial charge in [0.05, 0.1) is 33.7 Å². The number of fused-ring (bicyclic) bond motifs is 2. The number of methoxy groups -OCH3 is 2. The number of morpholine rings is 1. The first-order chi connectivity index (χ1) is 18.7. The van der Waals surface area contributed by atoms with Gasteiger partial charge in [-0.05, 0) is 41.8 Å². The van der Waals surface area contributed by atoms with Gasteiger partial charge in [0.1, 0.15) is 0 Å². The summed E-state index contributed by atoms with van der Waals surface area (Å²) in [5.41, 5.74) is 4.33. The second kappa shape index (κ2) is 11.0. The van der Waals surface area contributed by atoms with E-state index in [4.69, 9.17) is 33.7 Å². The van der Waals surface area contributed by atoms with Crippen molar-refractivity contribution in [1.82, 2.24) is 29.4 Å². The Morgan fingerprint density at radius 3 is 2.61 bits per heavy atom. The first-order valence-electron chi connectivity index (χ1n) is 13.0. The normalized spacial score (nSPS) is 16.5. The number of hydrogen-bond donors (Lipinski definition) is 1. The molecule has 0 bridgehead atoms. The number of furan rings is 1. The average Bonchev–Trinajstić information content (AvgIpc) is 3.65. The Morgan fingerprint density at radius 1 is 1.03 bits per heavy atom. The predicted octanol–water partition coefficient (Wildman–Crippen LogP) is 2.70. The van der Waals surface area contributed by atoms with Crippen LogP contribution in [0.15, 0.2) is 41.1 Å². The van der Waals surface area contributed by atoms with Crippen LogP contribution in [0.2, 0.25) is 0 Å². The van der Waals surface area contributed by atoms with Crippen molar-refractivity contribution in [3.63, 3.8) is 0 Å². The number of ether oxygens (including phenoxy) is 3. The van der Waals surface area contributed by atoms with Crippen molar-refractivity contribution < 1.29 is 18.6 Å². The Morgan fingerprint density at radius 2 is 1.84 bits per heavy atom. The highest BCUT2D eigenvalue weighted by Crippen LogP contribution is 2.34. The lowest BCUT2D eigenvalue weighted by atomic mass is 9.98. The van der Waals surface area contributed by atoms with Crippen LogP contribution in [0.1, 0.15) is 16.7 Å². The molecule has 200 valence electrons. The van der Waals surface area contributed by atoms with E-state index in [9.17, 15) is 0 Å². The Hall–Kier alpha value is -3.67. The smallest absolute Gasteiger partial charge is 0.225 e. The third kappa shape index (κ3) is 5.04. The molecule has 1 saturated heterocycles. The van der Waals surface area contributed by atoms with Crippen LogP contribution in [0.5, 0.6) is 11.5 Å². The van der Waals surface area contributed by atoms with E-state index in [-0.39, 0.29) is 0 Å². The second-order valence-electron chi connectivity index (χ2n) is 9.57. The number of anilines is 1. The summed E-state index contributed by atoms with van der Waals surface area (Å²) in [6.07, 6.45) is 4.48. The first-order valence-corrected chi connectivity index (χ1v) is 13.0. The van der Waals surface area contributed by atoms with Crippen LogP contribution in [-0.2, 0) is 24.2 Å². The summed E-state index contributed by atoms with van der Waals surface area (Å²) >= 11 is 0. The summed E-state index contributed by atoms with van der Waals surface area (Å²) in [6.45, 7) is 7.58. The van der Waals surface area contributed by atoms with Crippen molar-refractivity contribution in [1.29, 1.82) is 0 Å². The summed E-state index contributed by atoms with van der Waals surface area (Å²) in [6, 6.07) is 7.89. The van der Waals surface area contributed by atoms with Crippen molar-refractivity contribution >= 4 is 11.6 Å². The molecule has 5 heterocycles. The van der Waals surface area contributed by atoms with E-state index in [0.29, 0.717) is 24.1 Å². The molecule has 3 aromatic heterocycles. The Kier molecular flexibility index (Phi) is 7.12. The molecular weight excluding hydrogens is 486 g/mol. The van der Waals surface area contributed by atoms with Gasteiger partial charge in [0, 0.05) is 57.6 Å². The summed E-state index contributed by atoms with van der Waals surface area (Å²) in [5, 5.41) is 8.21. The third-order valence-corrected chi connectivity index (χ3v) is 7.19. The van der Waals surface area contributed by atoms with E-state index in [2.05, 4.69) is 27.2 Å². The van der Waals surface area contributed by atoms with Gasteiger partial charge in [-0.15, -0.1) is 5.10 Å². The van der Waals surface area contributed by atoms with Crippen LogP contribution in [-0.4, -0.2) is 89.5 Å². The van der Waals surface area contributed by atoms with Crippen LogP contribution >= 0.6 is 0 Å². The molecule has 0 atom stereocenters. The van der Waals surface area contributed by atoms with E-state index in [1.54, 1.807) is 25.0 Å². The minimum atomic E-state index is 0.543. The minimum absolute atomic E-state index is 0.543. The maximum atomic E-state index is 5.59. The van der Waals surface area contributed by atoms with Gasteiger partial charge in [0.25, 0.3) is 0 Å². The molecule has 0 unspecified atom stereocenters. The molecule has 2 aliphatic heterocycles. The standard InChI is InChI=1S/C27H33N7O4/c1-35-23-14-19-5-7-33(17-20(19)15-24(23)36-2)18-21-16-29-27(28-6-8-32-9-12-37-13-10-32)34-26(21)30-25(31-34)22-4-3-11-38-22/h3-4,11,14-16H,5-10,12-13,17-18H2,1-2H3,(H,28,29). The number of nitrogens with one attached hydrogen (secondary N) is 1. The highest BCUT2D eigenvalue weighted by molar-refractivity contribution is 5.58. The van der Waals surface area contributed by atoms with E-state index >= 15 is 0 Å². The molecule has 0 radical (unpaired) electrons. The molecule has 1 aromatic carbocycles. The molecule has 1 N–H and O–H groups in total. The van der Waals surface area contributed by atoms with Gasteiger partial charge in [0.15, 0.2) is 22.9 Å². The zero-order chi connectivity index (χ0) is 25.9. The van der Waals surface area contributed by atoms with E-state index < -0.39 is 0 Å². The Balaban J connectivity index is 1.24. The minimum Gasteiger partial charge on any atom is -0.493 e. The highest BCUT2D eigenvalue weighted by atomic mass is 16.5. The van der Waals surface area contributed by atoms with Gasteiger partial charge in [-0.1, -0.05) is 0 Å². The average molecular weight is 520 g/mol. The van der Waals surface area contributed by atoms with Crippen LogP contribution in [0, 0.1) is 0 Å². The largest absolute Gasteiger partial charge is 0.493 e. The number of rotatable bonds is 9. The lowest BCUT2D eigenvalue weighted by Crippen LogP contribution is -2.39. The lowest BCUT2D eigenvalue weighted by molar-refractivity contribution is 0.0398. The molecule has 6 rings (SSSR count). The van der Waals surface area contributed by atoms with Crippen molar-refractivity contribution in [2.75, 3.05) is 65.5 Å². The Labute approximate surface area is 221 Å². The van der Waals surface area contributed by atoms with Crippen molar-refractivity contribution in [3.8, 4) is 23.1 Å². The number of hydrogen-bond acceptors (Lipinski definition) is 10. The molecule has 1 fully saturated rings. The van der Waals surface area contributed by atoms with Gasteiger partial charge in [-0.2, -0.15) is 4.52 Å². The monoisotopic (exact) mass is 519 g/mol. The van der Waals surface area contributed by atoms with Gasteiger partial charge >= 0.3 is 0 Å². The molecule has 0 spiro atoms. The fourth-order valence-corrected chi connectivity index (χ4v) is 5.13. The maximum Gasteiger partial charge on any atom is 0.225 e. The van der Waals surface area contributed by atoms with Crippen LogP contribution < -0.4 is 14.8 Å². The topological polar surface area (TPSA) is 102 Å². The quantitative estimate of drug-likeness (QED) is 0.355. The Bertz CT molecular complexity index is 1380. The molecule has 11 nitrogen and oxygen atoms in total. The van der Waals surface area contributed by atoms with Gasteiger partial charge in [-0.3, -0.25) is 9.80 Å². The molecule has 38 heavy (non-hydrogen) atoms. The number of nitrogens with zero attached hydrogens (tertiary/aromatic N) is 6. The lowest BCUT2D eigenvalue weighted by Gasteiger charge is -2.29. The zero-order valence-corrected chi connectivity index (χ0v) is 21.9. The second-order valence-corrected chi connectivity index (χ2v) is 9.57. The van der Waals surface area contributed by atoms with Gasteiger partial charge < -0.3 is 23.9 Å². The molecule has 0 aliphatic carbocycles. The molecule has 11 heteroatoms. The predicted molar refractivity (Wildman–Crippen MR) is 142 cm³/mol. The maximum absolute atomic E-state index is 5.59. The molecule has 4 aromatic rings. The summed E-state index contributed by atoms with van der Waals surface area (Å²) in [7, 11) is 3.35. The number of benzene rings is 1.